The van der Waals surface area contributed by atoms with Gasteiger partial charge in [-0.25, -0.2) is 8.42 Å². The van der Waals surface area contributed by atoms with Crippen molar-refractivity contribution in [1.82, 2.24) is 0 Å². The maximum Gasteiger partial charge on any atom is 1.00 e. The van der Waals surface area contributed by atoms with Crippen molar-refractivity contribution in [1.29, 1.82) is 0 Å². The Bertz CT molecular complexity index is 222. The Morgan fingerprint density at radius 2 is 1.83 bits per heavy atom. The maximum absolute atomic E-state index is 10.3. The van der Waals surface area contributed by atoms with Gasteiger partial charge in [0.25, 0.3) is 0 Å². The average molecular weight is 206 g/mol. The summed E-state index contributed by atoms with van der Waals surface area (Å²) in [5.74, 6) is 0. The van der Waals surface area contributed by atoms with Crippen molar-refractivity contribution >= 4 is 10.1 Å². The molecular weight excluding hydrogens is 195 g/mol. The minimum Gasteiger partial charge on any atom is -0.746 e. The van der Waals surface area contributed by atoms with Crippen LogP contribution in [0.1, 0.15) is 13.8 Å². The fourth-order valence-corrected chi connectivity index (χ4v) is 1.24. The van der Waals surface area contributed by atoms with E-state index < -0.39 is 21.2 Å². The van der Waals surface area contributed by atoms with Crippen molar-refractivity contribution in [3.05, 3.63) is 0 Å². The van der Waals surface area contributed by atoms with Crippen molar-refractivity contribution < 1.29 is 52.4 Å². The summed E-state index contributed by atoms with van der Waals surface area (Å²) < 4.78 is 35.4. The van der Waals surface area contributed by atoms with Crippen LogP contribution in [0.4, 0.5) is 0 Å². The first kappa shape index (κ1) is 15.3. The summed E-state index contributed by atoms with van der Waals surface area (Å²) in [6.07, 6.45) is 0. The van der Waals surface area contributed by atoms with Crippen LogP contribution in [0.15, 0.2) is 0 Å². The molecule has 0 saturated carbocycles. The summed E-state index contributed by atoms with van der Waals surface area (Å²) in [6, 6.07) is 0. The molecule has 0 amide bonds. The fraction of sp³-hybridized carbons (Fsp3) is 1.00. The van der Waals surface area contributed by atoms with E-state index >= 15 is 0 Å². The molecule has 0 saturated heterocycles. The van der Waals surface area contributed by atoms with Gasteiger partial charge in [0.2, 0.25) is 0 Å². The number of hydrogen-bond acceptors (Lipinski definition) is 5. The largest absolute Gasteiger partial charge is 1.00 e. The number of rotatable bonds is 3. The second-order valence-electron chi connectivity index (χ2n) is 2.65. The second kappa shape index (κ2) is 4.90. The summed E-state index contributed by atoms with van der Waals surface area (Å²) in [6.45, 7) is 2.63. The molecule has 0 heterocycles. The third kappa shape index (κ3) is 4.18. The molecule has 5 nitrogen and oxygen atoms in total. The summed E-state index contributed by atoms with van der Waals surface area (Å²) >= 11 is 0. The van der Waals surface area contributed by atoms with Gasteiger partial charge in [-0.3, -0.25) is 0 Å². The standard InChI is InChI=1S/C5H12O5S.Na/c1-5(2,10-3)4(6)11(7,8)9;/h4,6H,1-3H3,(H,7,8,9);/q;+1/p-1. The summed E-state index contributed by atoms with van der Waals surface area (Å²) in [5.41, 5.74) is -3.39. The molecule has 0 rings (SSSR count). The van der Waals surface area contributed by atoms with Gasteiger partial charge in [0.15, 0.2) is 5.44 Å². The van der Waals surface area contributed by atoms with Crippen LogP contribution in [0.5, 0.6) is 0 Å². The molecule has 0 radical (unpaired) electrons. The van der Waals surface area contributed by atoms with Crippen LogP contribution in [-0.4, -0.2) is 36.2 Å². The van der Waals surface area contributed by atoms with E-state index in [9.17, 15) is 13.0 Å². The van der Waals surface area contributed by atoms with Crippen LogP contribution in [-0.2, 0) is 14.9 Å². The average Bonchev–Trinajstić information content (AvgIpc) is 1.84. The number of hydrogen-bond donors (Lipinski definition) is 1. The van der Waals surface area contributed by atoms with Crippen LogP contribution in [0, 0.1) is 0 Å². The zero-order valence-corrected chi connectivity index (χ0v) is 10.4. The van der Waals surface area contributed by atoms with Gasteiger partial charge in [0, 0.05) is 7.11 Å². The smallest absolute Gasteiger partial charge is 0.746 e. The first-order chi connectivity index (χ1) is 4.72. The monoisotopic (exact) mass is 206 g/mol. The Morgan fingerprint density at radius 3 is 1.92 bits per heavy atom. The number of aliphatic hydroxyl groups is 1. The minimum atomic E-state index is -4.69. The Hall–Kier alpha value is 0.830. The zero-order chi connectivity index (χ0) is 9.28. The normalized spacial score (nSPS) is 15.1. The molecule has 0 aromatic heterocycles. The summed E-state index contributed by atoms with van der Waals surface area (Å²) in [4.78, 5) is 0. The van der Waals surface area contributed by atoms with Gasteiger partial charge in [0.05, 0.1) is 0 Å². The molecule has 0 aromatic carbocycles. The Balaban J connectivity index is 0. The summed E-state index contributed by atoms with van der Waals surface area (Å²) in [5, 5.41) is 8.89. The molecule has 0 spiro atoms. The molecule has 7 heteroatoms. The molecule has 0 aromatic rings. The third-order valence-electron chi connectivity index (χ3n) is 1.39. The molecule has 0 fully saturated rings. The first-order valence-electron chi connectivity index (χ1n) is 2.89. The van der Waals surface area contributed by atoms with Gasteiger partial charge < -0.3 is 14.4 Å². The van der Waals surface area contributed by atoms with E-state index in [2.05, 4.69) is 4.74 Å². The Kier molecular flexibility index (Phi) is 6.25. The van der Waals surface area contributed by atoms with Gasteiger partial charge in [-0.2, -0.15) is 0 Å². The van der Waals surface area contributed by atoms with E-state index in [1.165, 1.54) is 21.0 Å². The molecule has 68 valence electrons. The summed E-state index contributed by atoms with van der Waals surface area (Å²) in [7, 11) is -3.48. The van der Waals surface area contributed by atoms with Crippen molar-refractivity contribution in [2.45, 2.75) is 24.9 Å². The van der Waals surface area contributed by atoms with Gasteiger partial charge in [-0.1, -0.05) is 0 Å². The van der Waals surface area contributed by atoms with Crippen molar-refractivity contribution in [3.8, 4) is 0 Å². The van der Waals surface area contributed by atoms with E-state index in [0.717, 1.165) is 0 Å². The van der Waals surface area contributed by atoms with Crippen LogP contribution in [0.25, 0.3) is 0 Å². The third-order valence-corrected chi connectivity index (χ3v) is 2.51. The van der Waals surface area contributed by atoms with E-state index in [-0.39, 0.29) is 29.6 Å². The van der Waals surface area contributed by atoms with Crippen molar-refractivity contribution in [3.63, 3.8) is 0 Å². The van der Waals surface area contributed by atoms with Crippen LogP contribution >= 0.6 is 0 Å². The molecule has 1 unspecified atom stereocenters. The SMILES string of the molecule is COC(C)(C)C(O)S(=O)(=O)[O-].[Na+]. The van der Waals surface area contributed by atoms with Gasteiger partial charge in [-0.15, -0.1) is 0 Å². The van der Waals surface area contributed by atoms with E-state index in [0.29, 0.717) is 0 Å². The predicted octanol–water partition coefficient (Wildman–Crippen LogP) is -3.72. The van der Waals surface area contributed by atoms with Gasteiger partial charge >= 0.3 is 29.6 Å². The fourth-order valence-electron chi connectivity index (χ4n) is 0.448. The molecular formula is C5H11NaO5S. The number of aliphatic hydroxyl groups excluding tert-OH is 1. The molecule has 1 N–H and O–H groups in total. The Morgan fingerprint density at radius 1 is 1.50 bits per heavy atom. The molecule has 0 aliphatic heterocycles. The molecule has 0 aliphatic rings. The quantitative estimate of drug-likeness (QED) is 0.379. The maximum atomic E-state index is 10.3. The van der Waals surface area contributed by atoms with E-state index in [1.54, 1.807) is 0 Å². The zero-order valence-electron chi connectivity index (χ0n) is 7.57. The molecule has 12 heavy (non-hydrogen) atoms. The van der Waals surface area contributed by atoms with Crippen molar-refractivity contribution in [2.24, 2.45) is 0 Å². The number of ether oxygens (including phenoxy) is 1. The topological polar surface area (TPSA) is 86.7 Å². The van der Waals surface area contributed by atoms with E-state index in [1.807, 2.05) is 0 Å². The second-order valence-corrected chi connectivity index (χ2v) is 4.08. The van der Waals surface area contributed by atoms with Crippen LogP contribution < -0.4 is 29.6 Å². The molecule has 1 atom stereocenters. The van der Waals surface area contributed by atoms with Gasteiger partial charge in [-0.05, 0) is 13.8 Å². The van der Waals surface area contributed by atoms with Crippen molar-refractivity contribution in [2.75, 3.05) is 7.11 Å². The number of methoxy groups -OCH3 is 1. The van der Waals surface area contributed by atoms with Gasteiger partial charge in [0.1, 0.15) is 15.7 Å². The minimum absolute atomic E-state index is 0. The Labute approximate surface area is 94.1 Å². The van der Waals surface area contributed by atoms with E-state index in [4.69, 9.17) is 5.11 Å². The first-order valence-corrected chi connectivity index (χ1v) is 4.37. The van der Waals surface area contributed by atoms with Crippen LogP contribution in [0.2, 0.25) is 0 Å². The predicted molar refractivity (Wildman–Crippen MR) is 36.8 cm³/mol. The molecule has 0 bridgehead atoms. The molecule has 0 aliphatic carbocycles. The van der Waals surface area contributed by atoms with Crippen LogP contribution in [0.3, 0.4) is 0 Å².